The molecule has 6 heteroatoms. The van der Waals surface area contributed by atoms with Crippen LogP contribution < -0.4 is 11.1 Å². The topological polar surface area (TPSA) is 60.2 Å². The van der Waals surface area contributed by atoms with Crippen LogP contribution >= 0.6 is 23.3 Å². The quantitative estimate of drug-likeness (QED) is 0.556. The van der Waals surface area contributed by atoms with Gasteiger partial charge in [-0.1, -0.05) is 6.92 Å². The SMILES string of the molecule is CCCOCCCNc1snc(N)c1SC. The van der Waals surface area contributed by atoms with Gasteiger partial charge in [0.05, 0.1) is 4.90 Å². The molecule has 0 saturated carbocycles. The first-order chi connectivity index (χ1) is 7.79. The van der Waals surface area contributed by atoms with Gasteiger partial charge in [0.1, 0.15) is 5.00 Å². The van der Waals surface area contributed by atoms with Gasteiger partial charge in [0.15, 0.2) is 5.82 Å². The lowest BCUT2D eigenvalue weighted by Crippen LogP contribution is -2.05. The van der Waals surface area contributed by atoms with E-state index in [-0.39, 0.29) is 0 Å². The van der Waals surface area contributed by atoms with E-state index in [2.05, 4.69) is 16.6 Å². The van der Waals surface area contributed by atoms with Crippen molar-refractivity contribution in [3.63, 3.8) is 0 Å². The number of hydrogen-bond acceptors (Lipinski definition) is 6. The molecule has 4 nitrogen and oxygen atoms in total. The fourth-order valence-electron chi connectivity index (χ4n) is 1.23. The summed E-state index contributed by atoms with van der Waals surface area (Å²) in [7, 11) is 0. The van der Waals surface area contributed by atoms with Gasteiger partial charge in [-0.3, -0.25) is 0 Å². The zero-order valence-corrected chi connectivity index (χ0v) is 11.4. The van der Waals surface area contributed by atoms with E-state index in [9.17, 15) is 0 Å². The standard InChI is InChI=1S/C10H19N3OS2/c1-3-6-14-7-4-5-12-10-8(15-2)9(11)13-16-10/h12H,3-7H2,1-2H3,(H2,11,13). The molecule has 0 aromatic carbocycles. The minimum atomic E-state index is 0.627. The second-order valence-electron chi connectivity index (χ2n) is 3.32. The number of nitrogen functional groups attached to an aromatic ring is 1. The van der Waals surface area contributed by atoms with Crippen molar-refractivity contribution in [3.05, 3.63) is 0 Å². The normalized spacial score (nSPS) is 10.6. The van der Waals surface area contributed by atoms with Crippen molar-refractivity contribution in [3.8, 4) is 0 Å². The van der Waals surface area contributed by atoms with E-state index >= 15 is 0 Å². The van der Waals surface area contributed by atoms with E-state index in [4.69, 9.17) is 10.5 Å². The van der Waals surface area contributed by atoms with Crippen LogP contribution in [0.5, 0.6) is 0 Å². The summed E-state index contributed by atoms with van der Waals surface area (Å²) in [6, 6.07) is 0. The predicted octanol–water partition coefficient (Wildman–Crippen LogP) is 2.68. The smallest absolute Gasteiger partial charge is 0.153 e. The highest BCUT2D eigenvalue weighted by atomic mass is 32.2. The number of nitrogens with one attached hydrogen (secondary N) is 1. The molecule has 0 bridgehead atoms. The van der Waals surface area contributed by atoms with Crippen LogP contribution in [0.2, 0.25) is 0 Å². The van der Waals surface area contributed by atoms with Gasteiger partial charge in [0.2, 0.25) is 0 Å². The third kappa shape index (κ3) is 4.19. The molecule has 0 aliphatic rings. The molecule has 0 radical (unpaired) electrons. The molecule has 0 atom stereocenters. The lowest BCUT2D eigenvalue weighted by Gasteiger charge is -2.05. The molecule has 3 N–H and O–H groups in total. The fourth-order valence-corrected chi connectivity index (χ4v) is 2.79. The average molecular weight is 261 g/mol. The van der Waals surface area contributed by atoms with Crippen molar-refractivity contribution in [2.45, 2.75) is 24.7 Å². The molecule has 1 rings (SSSR count). The van der Waals surface area contributed by atoms with Gasteiger partial charge in [-0.15, -0.1) is 11.8 Å². The summed E-state index contributed by atoms with van der Waals surface area (Å²) in [5.74, 6) is 0.627. The molecule has 1 aromatic rings. The second kappa shape index (κ2) is 7.76. The first-order valence-electron chi connectivity index (χ1n) is 5.40. The summed E-state index contributed by atoms with van der Waals surface area (Å²) in [4.78, 5) is 1.06. The van der Waals surface area contributed by atoms with Crippen molar-refractivity contribution in [2.24, 2.45) is 0 Å². The minimum absolute atomic E-state index is 0.627. The van der Waals surface area contributed by atoms with Crippen molar-refractivity contribution < 1.29 is 4.74 Å². The van der Waals surface area contributed by atoms with Crippen LogP contribution in [0, 0.1) is 0 Å². The molecule has 1 heterocycles. The molecule has 1 aromatic heterocycles. The highest BCUT2D eigenvalue weighted by molar-refractivity contribution is 7.99. The summed E-state index contributed by atoms with van der Waals surface area (Å²) < 4.78 is 9.52. The Bertz CT molecular complexity index is 304. The molecule has 0 amide bonds. The molecule has 16 heavy (non-hydrogen) atoms. The summed E-state index contributed by atoms with van der Waals surface area (Å²) in [5, 5.41) is 4.41. The van der Waals surface area contributed by atoms with Gasteiger partial charge in [-0.05, 0) is 30.6 Å². The van der Waals surface area contributed by atoms with Crippen LogP contribution in [-0.4, -0.2) is 30.4 Å². The van der Waals surface area contributed by atoms with E-state index in [0.29, 0.717) is 5.82 Å². The van der Waals surface area contributed by atoms with E-state index in [1.54, 1.807) is 11.8 Å². The van der Waals surface area contributed by atoms with Crippen LogP contribution in [0.3, 0.4) is 0 Å². The van der Waals surface area contributed by atoms with Gasteiger partial charge >= 0.3 is 0 Å². The van der Waals surface area contributed by atoms with Crippen molar-refractivity contribution in [1.29, 1.82) is 0 Å². The van der Waals surface area contributed by atoms with Crippen LogP contribution in [0.1, 0.15) is 19.8 Å². The molecule has 0 unspecified atom stereocenters. The first-order valence-corrected chi connectivity index (χ1v) is 7.40. The van der Waals surface area contributed by atoms with Crippen LogP contribution in [0.25, 0.3) is 0 Å². The Morgan fingerprint density at radius 1 is 1.50 bits per heavy atom. The maximum atomic E-state index is 5.74. The summed E-state index contributed by atoms with van der Waals surface area (Å²) in [6.45, 7) is 4.68. The Balaban J connectivity index is 2.21. The Morgan fingerprint density at radius 3 is 3.00 bits per heavy atom. The number of nitrogens with two attached hydrogens (primary N) is 1. The summed E-state index contributed by atoms with van der Waals surface area (Å²) >= 11 is 3.05. The van der Waals surface area contributed by atoms with E-state index < -0.39 is 0 Å². The molecule has 0 aliphatic heterocycles. The molecular weight excluding hydrogens is 242 g/mol. The number of nitrogens with zero attached hydrogens (tertiary/aromatic N) is 1. The van der Waals surface area contributed by atoms with E-state index in [1.165, 1.54) is 11.5 Å². The zero-order chi connectivity index (χ0) is 11.8. The number of aromatic nitrogens is 1. The van der Waals surface area contributed by atoms with Crippen LogP contribution in [-0.2, 0) is 4.74 Å². The van der Waals surface area contributed by atoms with Gasteiger partial charge in [0, 0.05) is 19.8 Å². The van der Waals surface area contributed by atoms with Crippen molar-refractivity contribution in [2.75, 3.05) is 37.1 Å². The monoisotopic (exact) mass is 261 g/mol. The zero-order valence-electron chi connectivity index (χ0n) is 9.78. The highest BCUT2D eigenvalue weighted by Gasteiger charge is 2.09. The molecule has 92 valence electrons. The highest BCUT2D eigenvalue weighted by Crippen LogP contribution is 2.34. The Morgan fingerprint density at radius 2 is 2.31 bits per heavy atom. The number of hydrogen-bond donors (Lipinski definition) is 2. The number of rotatable bonds is 8. The Labute approximate surface area is 105 Å². The van der Waals surface area contributed by atoms with Gasteiger partial charge in [-0.2, -0.15) is 4.37 Å². The van der Waals surface area contributed by atoms with Crippen LogP contribution in [0.4, 0.5) is 10.8 Å². The van der Waals surface area contributed by atoms with Gasteiger partial charge < -0.3 is 15.8 Å². The second-order valence-corrected chi connectivity index (χ2v) is 4.91. The van der Waals surface area contributed by atoms with Crippen LogP contribution in [0.15, 0.2) is 4.90 Å². The average Bonchev–Trinajstić information content (AvgIpc) is 2.64. The fraction of sp³-hybridized carbons (Fsp3) is 0.700. The molecule has 0 fully saturated rings. The summed E-state index contributed by atoms with van der Waals surface area (Å²) in [5.41, 5.74) is 5.74. The lowest BCUT2D eigenvalue weighted by atomic mass is 10.4. The van der Waals surface area contributed by atoms with Gasteiger partial charge in [-0.25, -0.2) is 0 Å². The van der Waals surface area contributed by atoms with Gasteiger partial charge in [0.25, 0.3) is 0 Å². The first kappa shape index (κ1) is 13.6. The van der Waals surface area contributed by atoms with Crippen molar-refractivity contribution in [1.82, 2.24) is 4.37 Å². The third-order valence-electron chi connectivity index (χ3n) is 1.98. The molecule has 0 spiro atoms. The van der Waals surface area contributed by atoms with E-state index in [1.807, 2.05) is 6.26 Å². The maximum absolute atomic E-state index is 5.74. The molecule has 0 saturated heterocycles. The summed E-state index contributed by atoms with van der Waals surface area (Å²) in [6.07, 6.45) is 4.09. The lowest BCUT2D eigenvalue weighted by molar-refractivity contribution is 0.134. The Kier molecular flexibility index (Phi) is 6.59. The predicted molar refractivity (Wildman–Crippen MR) is 72.5 cm³/mol. The maximum Gasteiger partial charge on any atom is 0.153 e. The molecular formula is C10H19N3OS2. The largest absolute Gasteiger partial charge is 0.382 e. The van der Waals surface area contributed by atoms with Crippen molar-refractivity contribution >= 4 is 34.1 Å². The third-order valence-corrected chi connectivity index (χ3v) is 3.75. The minimum Gasteiger partial charge on any atom is -0.382 e. The number of ether oxygens (including phenoxy) is 1. The van der Waals surface area contributed by atoms with E-state index in [0.717, 1.165) is 42.5 Å². The molecule has 0 aliphatic carbocycles. The number of anilines is 2. The Hall–Kier alpha value is -0.460. The number of thioether (sulfide) groups is 1.